The Hall–Kier alpha value is -0.900. The summed E-state index contributed by atoms with van der Waals surface area (Å²) in [6.45, 7) is 5.39. The fourth-order valence-electron chi connectivity index (χ4n) is 2.14. The highest BCUT2D eigenvalue weighted by Gasteiger charge is 2.31. The maximum absolute atomic E-state index is 4.38. The molecular formula is C12H22N4. The molecule has 1 aliphatic carbocycles. The van der Waals surface area contributed by atoms with E-state index >= 15 is 0 Å². The Labute approximate surface area is 97.5 Å². The van der Waals surface area contributed by atoms with Gasteiger partial charge in [0.05, 0.1) is 0 Å². The van der Waals surface area contributed by atoms with Crippen molar-refractivity contribution in [3.8, 4) is 0 Å². The molecule has 0 spiro atoms. The molecular weight excluding hydrogens is 200 g/mol. The Bertz CT molecular complexity index is 328. The first-order valence-corrected chi connectivity index (χ1v) is 6.24. The predicted octanol–water partition coefficient (Wildman–Crippen LogP) is 1.47. The van der Waals surface area contributed by atoms with E-state index < -0.39 is 0 Å². The van der Waals surface area contributed by atoms with E-state index in [9.17, 15) is 0 Å². The first-order valence-electron chi connectivity index (χ1n) is 6.24. The van der Waals surface area contributed by atoms with Gasteiger partial charge in [-0.25, -0.2) is 9.67 Å². The van der Waals surface area contributed by atoms with E-state index in [-0.39, 0.29) is 0 Å². The van der Waals surface area contributed by atoms with Crippen molar-refractivity contribution in [2.24, 2.45) is 11.8 Å². The Balaban J connectivity index is 1.99. The molecule has 1 fully saturated rings. The summed E-state index contributed by atoms with van der Waals surface area (Å²) in [5, 5.41) is 7.70. The van der Waals surface area contributed by atoms with Crippen LogP contribution in [0.3, 0.4) is 0 Å². The number of aromatic nitrogens is 3. The number of hydrogen-bond acceptors (Lipinski definition) is 3. The third-order valence-corrected chi connectivity index (χ3v) is 3.20. The molecule has 0 aliphatic heterocycles. The molecule has 1 aromatic heterocycles. The highest BCUT2D eigenvalue weighted by molar-refractivity contribution is 4.95. The van der Waals surface area contributed by atoms with Crippen LogP contribution in [0.1, 0.15) is 32.5 Å². The molecule has 1 atom stereocenters. The maximum Gasteiger partial charge on any atom is 0.138 e. The zero-order chi connectivity index (χ0) is 11.5. The van der Waals surface area contributed by atoms with Crippen LogP contribution in [-0.2, 0) is 13.0 Å². The molecule has 0 bridgehead atoms. The highest BCUT2D eigenvalue weighted by Crippen LogP contribution is 2.33. The summed E-state index contributed by atoms with van der Waals surface area (Å²) in [6, 6.07) is 0.579. The molecule has 4 heteroatoms. The van der Waals surface area contributed by atoms with Crippen LogP contribution in [0.2, 0.25) is 0 Å². The van der Waals surface area contributed by atoms with Gasteiger partial charge in [0, 0.05) is 19.0 Å². The number of likely N-dealkylation sites (N-methyl/N-ethyl adjacent to an activating group) is 1. The maximum atomic E-state index is 4.38. The van der Waals surface area contributed by atoms with Crippen LogP contribution >= 0.6 is 0 Å². The van der Waals surface area contributed by atoms with Crippen molar-refractivity contribution >= 4 is 0 Å². The molecule has 1 heterocycles. The van der Waals surface area contributed by atoms with Crippen molar-refractivity contribution in [2.45, 2.75) is 45.7 Å². The molecule has 2 rings (SSSR count). The molecule has 1 unspecified atom stereocenters. The molecule has 0 radical (unpaired) electrons. The second-order valence-electron chi connectivity index (χ2n) is 5.19. The molecule has 4 nitrogen and oxygen atoms in total. The van der Waals surface area contributed by atoms with Crippen molar-refractivity contribution in [1.29, 1.82) is 0 Å². The summed E-state index contributed by atoms with van der Waals surface area (Å²) in [4.78, 5) is 4.38. The first-order chi connectivity index (χ1) is 7.70. The number of nitrogens with one attached hydrogen (secondary N) is 1. The lowest BCUT2D eigenvalue weighted by atomic mass is 10.1. The van der Waals surface area contributed by atoms with Gasteiger partial charge in [-0.3, -0.25) is 0 Å². The van der Waals surface area contributed by atoms with E-state index in [1.807, 2.05) is 7.05 Å². The van der Waals surface area contributed by atoms with Crippen molar-refractivity contribution < 1.29 is 0 Å². The fraction of sp³-hybridized carbons (Fsp3) is 0.833. The number of nitrogens with zero attached hydrogens (tertiary/aromatic N) is 3. The molecule has 0 amide bonds. The van der Waals surface area contributed by atoms with E-state index in [2.05, 4.69) is 33.9 Å². The summed E-state index contributed by atoms with van der Waals surface area (Å²) in [7, 11) is 2.05. The summed E-state index contributed by atoms with van der Waals surface area (Å²) < 4.78 is 2.05. The molecule has 0 aromatic carbocycles. The normalized spacial score (nSPS) is 18.0. The van der Waals surface area contributed by atoms with E-state index in [1.165, 1.54) is 12.8 Å². The third-order valence-electron chi connectivity index (χ3n) is 3.20. The Kier molecular flexibility index (Phi) is 3.59. The van der Waals surface area contributed by atoms with Gasteiger partial charge in [0.15, 0.2) is 0 Å². The van der Waals surface area contributed by atoms with Gasteiger partial charge in [-0.1, -0.05) is 13.8 Å². The summed E-state index contributed by atoms with van der Waals surface area (Å²) in [5.74, 6) is 2.60. The van der Waals surface area contributed by atoms with Crippen molar-refractivity contribution in [1.82, 2.24) is 20.1 Å². The molecule has 1 saturated carbocycles. The summed E-state index contributed by atoms with van der Waals surface area (Å²) in [5.41, 5.74) is 0. The van der Waals surface area contributed by atoms with Crippen molar-refractivity contribution in [3.63, 3.8) is 0 Å². The van der Waals surface area contributed by atoms with Crippen LogP contribution in [0.15, 0.2) is 6.33 Å². The quantitative estimate of drug-likeness (QED) is 0.792. The number of rotatable bonds is 6. The average Bonchev–Trinajstić information content (AvgIpc) is 2.98. The highest BCUT2D eigenvalue weighted by atomic mass is 15.3. The third kappa shape index (κ3) is 2.82. The molecule has 90 valence electrons. The largest absolute Gasteiger partial charge is 0.316 e. The van der Waals surface area contributed by atoms with Gasteiger partial charge in [0.1, 0.15) is 12.2 Å². The van der Waals surface area contributed by atoms with Gasteiger partial charge in [0.2, 0.25) is 0 Å². The first kappa shape index (κ1) is 11.6. The average molecular weight is 222 g/mol. The molecule has 1 N–H and O–H groups in total. The standard InChI is InChI=1S/C12H22N4/c1-9(2)7-16-12(14-8-15-16)6-11(13-3)10-4-5-10/h8-11,13H,4-7H2,1-3H3. The molecule has 16 heavy (non-hydrogen) atoms. The van der Waals surface area contributed by atoms with Crippen LogP contribution in [0.5, 0.6) is 0 Å². The Morgan fingerprint density at radius 1 is 1.50 bits per heavy atom. The van der Waals surface area contributed by atoms with Gasteiger partial charge < -0.3 is 5.32 Å². The Morgan fingerprint density at radius 3 is 2.81 bits per heavy atom. The van der Waals surface area contributed by atoms with E-state index in [1.54, 1.807) is 6.33 Å². The smallest absolute Gasteiger partial charge is 0.138 e. The zero-order valence-corrected chi connectivity index (χ0v) is 10.5. The van der Waals surface area contributed by atoms with E-state index in [4.69, 9.17) is 0 Å². The predicted molar refractivity (Wildman–Crippen MR) is 64.1 cm³/mol. The molecule has 0 saturated heterocycles. The monoisotopic (exact) mass is 222 g/mol. The zero-order valence-electron chi connectivity index (χ0n) is 10.5. The van der Waals surface area contributed by atoms with Crippen LogP contribution in [0.4, 0.5) is 0 Å². The summed E-state index contributed by atoms with van der Waals surface area (Å²) in [6.07, 6.45) is 5.42. The fourth-order valence-corrected chi connectivity index (χ4v) is 2.14. The molecule has 1 aromatic rings. The topological polar surface area (TPSA) is 42.7 Å². The lowest BCUT2D eigenvalue weighted by molar-refractivity contribution is 0.434. The van der Waals surface area contributed by atoms with Gasteiger partial charge in [-0.15, -0.1) is 0 Å². The lowest BCUT2D eigenvalue weighted by Gasteiger charge is -2.15. The van der Waals surface area contributed by atoms with Crippen molar-refractivity contribution in [3.05, 3.63) is 12.2 Å². The SMILES string of the molecule is CNC(Cc1ncnn1CC(C)C)C1CC1. The molecule has 1 aliphatic rings. The second kappa shape index (κ2) is 4.95. The number of hydrogen-bond donors (Lipinski definition) is 1. The minimum absolute atomic E-state index is 0.579. The summed E-state index contributed by atoms with van der Waals surface area (Å²) >= 11 is 0. The van der Waals surface area contributed by atoms with Crippen LogP contribution in [0, 0.1) is 11.8 Å². The Morgan fingerprint density at radius 2 is 2.25 bits per heavy atom. The lowest BCUT2D eigenvalue weighted by Crippen LogP contribution is -2.31. The van der Waals surface area contributed by atoms with Crippen LogP contribution in [-0.4, -0.2) is 27.9 Å². The van der Waals surface area contributed by atoms with Gasteiger partial charge in [-0.05, 0) is 31.7 Å². The van der Waals surface area contributed by atoms with Crippen molar-refractivity contribution in [2.75, 3.05) is 7.05 Å². The minimum Gasteiger partial charge on any atom is -0.316 e. The van der Waals surface area contributed by atoms with Crippen LogP contribution < -0.4 is 5.32 Å². The minimum atomic E-state index is 0.579. The second-order valence-corrected chi connectivity index (χ2v) is 5.19. The van der Waals surface area contributed by atoms with Gasteiger partial charge in [-0.2, -0.15) is 5.10 Å². The van der Waals surface area contributed by atoms with Crippen LogP contribution in [0.25, 0.3) is 0 Å². The van der Waals surface area contributed by atoms with E-state index in [0.29, 0.717) is 12.0 Å². The van der Waals surface area contributed by atoms with Gasteiger partial charge >= 0.3 is 0 Å². The van der Waals surface area contributed by atoms with E-state index in [0.717, 1.165) is 24.7 Å². The van der Waals surface area contributed by atoms with Gasteiger partial charge in [0.25, 0.3) is 0 Å².